The molecule has 0 heterocycles. The second-order valence-electron chi connectivity index (χ2n) is 3.22. The molecule has 16 heavy (non-hydrogen) atoms. The van der Waals surface area contributed by atoms with Gasteiger partial charge in [0.15, 0.2) is 11.5 Å². The molecule has 0 atom stereocenters. The first-order valence-electron chi connectivity index (χ1n) is 4.68. The second kappa shape index (κ2) is 6.04. The average molecular weight is 238 g/mol. The maximum Gasteiger partial charge on any atom is 0.162 e. The molecule has 0 N–H and O–H groups in total. The number of hydrogen-bond acceptors (Lipinski definition) is 3. The van der Waals surface area contributed by atoms with Gasteiger partial charge in [0.05, 0.1) is 18.7 Å². The lowest BCUT2D eigenvalue weighted by molar-refractivity contribution is 0.319. The van der Waals surface area contributed by atoms with Crippen LogP contribution in [0.3, 0.4) is 0 Å². The van der Waals surface area contributed by atoms with Crippen LogP contribution in [0.25, 0.3) is 0 Å². The van der Waals surface area contributed by atoms with Crippen molar-refractivity contribution in [3.63, 3.8) is 0 Å². The Kier molecular flexibility index (Phi) is 4.68. The molecule has 0 amide bonds. The normalized spacial score (nSPS) is 10.8. The van der Waals surface area contributed by atoms with Gasteiger partial charge in [-0.1, -0.05) is 11.6 Å². The van der Waals surface area contributed by atoms with E-state index in [0.717, 1.165) is 5.57 Å². The van der Waals surface area contributed by atoms with Crippen LogP contribution in [0, 0.1) is 11.3 Å². The van der Waals surface area contributed by atoms with Crippen LogP contribution in [0.4, 0.5) is 0 Å². The van der Waals surface area contributed by atoms with Crippen molar-refractivity contribution in [2.45, 2.75) is 6.92 Å². The Labute approximate surface area is 99.9 Å². The molecule has 0 aromatic heterocycles. The van der Waals surface area contributed by atoms with Gasteiger partial charge in [0, 0.05) is 11.6 Å². The number of methoxy groups -OCH3 is 1. The molecular formula is C12H12ClNO2. The summed E-state index contributed by atoms with van der Waals surface area (Å²) in [6.45, 7) is 2.26. The maximum absolute atomic E-state index is 8.73. The van der Waals surface area contributed by atoms with E-state index >= 15 is 0 Å². The van der Waals surface area contributed by atoms with Crippen molar-refractivity contribution in [1.82, 2.24) is 0 Å². The van der Waals surface area contributed by atoms with E-state index < -0.39 is 0 Å². The minimum atomic E-state index is 0.395. The fraction of sp³-hybridized carbons (Fsp3) is 0.250. The largest absolute Gasteiger partial charge is 0.493 e. The van der Waals surface area contributed by atoms with E-state index in [1.807, 2.05) is 13.0 Å². The molecule has 0 saturated heterocycles. The van der Waals surface area contributed by atoms with Crippen LogP contribution in [0.15, 0.2) is 29.3 Å². The fourth-order valence-corrected chi connectivity index (χ4v) is 1.14. The Morgan fingerprint density at radius 1 is 1.50 bits per heavy atom. The van der Waals surface area contributed by atoms with E-state index in [9.17, 15) is 0 Å². The van der Waals surface area contributed by atoms with Gasteiger partial charge in [0.2, 0.25) is 0 Å². The van der Waals surface area contributed by atoms with Crippen molar-refractivity contribution < 1.29 is 9.47 Å². The highest BCUT2D eigenvalue weighted by molar-refractivity contribution is 6.25. The molecular weight excluding hydrogens is 226 g/mol. The van der Waals surface area contributed by atoms with E-state index in [2.05, 4.69) is 0 Å². The third kappa shape index (κ3) is 3.18. The fourth-order valence-electron chi connectivity index (χ4n) is 1.08. The third-order valence-corrected chi connectivity index (χ3v) is 2.31. The first kappa shape index (κ1) is 12.4. The van der Waals surface area contributed by atoms with Crippen LogP contribution in [0.2, 0.25) is 0 Å². The van der Waals surface area contributed by atoms with Crippen LogP contribution in [-0.2, 0) is 0 Å². The van der Waals surface area contributed by atoms with Gasteiger partial charge < -0.3 is 9.47 Å². The SMILES string of the molecule is COc1cc(C#N)ccc1OC/C(C)=C/Cl. The Morgan fingerprint density at radius 3 is 2.81 bits per heavy atom. The molecule has 0 aliphatic rings. The third-order valence-electron chi connectivity index (χ3n) is 1.93. The zero-order chi connectivity index (χ0) is 12.0. The molecule has 1 rings (SSSR count). The molecule has 0 aliphatic carbocycles. The van der Waals surface area contributed by atoms with Gasteiger partial charge in [-0.25, -0.2) is 0 Å². The molecule has 3 nitrogen and oxygen atoms in total. The Morgan fingerprint density at radius 2 is 2.25 bits per heavy atom. The van der Waals surface area contributed by atoms with Crippen LogP contribution in [0.1, 0.15) is 12.5 Å². The summed E-state index contributed by atoms with van der Waals surface area (Å²) < 4.78 is 10.6. The van der Waals surface area contributed by atoms with Crippen LogP contribution in [-0.4, -0.2) is 13.7 Å². The zero-order valence-electron chi connectivity index (χ0n) is 9.16. The number of ether oxygens (including phenoxy) is 2. The minimum absolute atomic E-state index is 0.395. The van der Waals surface area contributed by atoms with Gasteiger partial charge in [-0.15, -0.1) is 0 Å². The highest BCUT2D eigenvalue weighted by Gasteiger charge is 2.05. The number of nitrogens with zero attached hydrogens (tertiary/aromatic N) is 1. The van der Waals surface area contributed by atoms with E-state index in [1.54, 1.807) is 18.2 Å². The number of rotatable bonds is 4. The van der Waals surface area contributed by atoms with Gasteiger partial charge >= 0.3 is 0 Å². The number of benzene rings is 1. The highest BCUT2D eigenvalue weighted by Crippen LogP contribution is 2.28. The Balaban J connectivity index is 2.84. The lowest BCUT2D eigenvalue weighted by Gasteiger charge is -2.10. The summed E-state index contributed by atoms with van der Waals surface area (Å²) in [5, 5.41) is 8.73. The van der Waals surface area contributed by atoms with Gasteiger partial charge in [0.1, 0.15) is 6.61 Å². The summed E-state index contributed by atoms with van der Waals surface area (Å²) in [5.41, 5.74) is 2.91. The summed E-state index contributed by atoms with van der Waals surface area (Å²) >= 11 is 5.52. The topological polar surface area (TPSA) is 42.2 Å². The van der Waals surface area contributed by atoms with Gasteiger partial charge in [0.25, 0.3) is 0 Å². The van der Waals surface area contributed by atoms with Crippen molar-refractivity contribution in [2.75, 3.05) is 13.7 Å². The smallest absolute Gasteiger partial charge is 0.162 e. The van der Waals surface area contributed by atoms with E-state index in [4.69, 9.17) is 26.3 Å². The van der Waals surface area contributed by atoms with Gasteiger partial charge in [-0.2, -0.15) is 5.26 Å². The predicted molar refractivity (Wildman–Crippen MR) is 62.8 cm³/mol. The van der Waals surface area contributed by atoms with Crippen LogP contribution < -0.4 is 9.47 Å². The Hall–Kier alpha value is -1.66. The van der Waals surface area contributed by atoms with Crippen LogP contribution in [0.5, 0.6) is 11.5 Å². The van der Waals surface area contributed by atoms with E-state index in [-0.39, 0.29) is 0 Å². The van der Waals surface area contributed by atoms with Crippen molar-refractivity contribution >= 4 is 11.6 Å². The molecule has 0 fully saturated rings. The highest BCUT2D eigenvalue weighted by atomic mass is 35.5. The monoisotopic (exact) mass is 237 g/mol. The van der Waals surface area contributed by atoms with Crippen molar-refractivity contribution in [2.24, 2.45) is 0 Å². The average Bonchev–Trinajstić information content (AvgIpc) is 2.35. The second-order valence-corrected chi connectivity index (χ2v) is 3.44. The van der Waals surface area contributed by atoms with Crippen molar-refractivity contribution in [1.29, 1.82) is 5.26 Å². The van der Waals surface area contributed by atoms with Crippen molar-refractivity contribution in [3.05, 3.63) is 34.9 Å². The summed E-state index contributed by atoms with van der Waals surface area (Å²) in [6, 6.07) is 7.06. The molecule has 0 radical (unpaired) electrons. The van der Waals surface area contributed by atoms with Crippen LogP contribution >= 0.6 is 11.6 Å². The molecule has 84 valence electrons. The minimum Gasteiger partial charge on any atom is -0.493 e. The standard InChI is InChI=1S/C12H12ClNO2/c1-9(6-13)8-16-11-4-3-10(7-14)5-12(11)15-2/h3-6H,8H2,1-2H3/b9-6+. The van der Waals surface area contributed by atoms with Gasteiger partial charge in [-0.05, 0) is 24.6 Å². The maximum atomic E-state index is 8.73. The molecule has 1 aromatic carbocycles. The quantitative estimate of drug-likeness (QED) is 0.808. The zero-order valence-corrected chi connectivity index (χ0v) is 9.91. The first-order chi connectivity index (χ1) is 7.71. The van der Waals surface area contributed by atoms with Crippen molar-refractivity contribution in [3.8, 4) is 17.6 Å². The number of nitriles is 1. The summed E-state index contributed by atoms with van der Waals surface area (Å²) in [5.74, 6) is 1.14. The molecule has 0 aliphatic heterocycles. The molecule has 1 aromatic rings. The molecule has 4 heteroatoms. The van der Waals surface area contributed by atoms with E-state index in [0.29, 0.717) is 23.7 Å². The van der Waals surface area contributed by atoms with E-state index in [1.165, 1.54) is 12.6 Å². The summed E-state index contributed by atoms with van der Waals surface area (Å²) in [6.07, 6.45) is 0. The molecule has 0 bridgehead atoms. The lowest BCUT2D eigenvalue weighted by atomic mass is 10.2. The summed E-state index contributed by atoms with van der Waals surface area (Å²) in [7, 11) is 1.54. The number of halogens is 1. The predicted octanol–water partition coefficient (Wildman–Crippen LogP) is 3.09. The van der Waals surface area contributed by atoms with Gasteiger partial charge in [-0.3, -0.25) is 0 Å². The molecule has 0 spiro atoms. The Bertz CT molecular complexity index is 435. The summed E-state index contributed by atoms with van der Waals surface area (Å²) in [4.78, 5) is 0. The first-order valence-corrected chi connectivity index (χ1v) is 5.11. The molecule has 0 unspecified atom stereocenters. The lowest BCUT2D eigenvalue weighted by Crippen LogP contribution is -2.00. The molecule has 0 saturated carbocycles. The number of hydrogen-bond donors (Lipinski definition) is 0.